The Morgan fingerprint density at radius 3 is 2.85 bits per heavy atom. The first-order chi connectivity index (χ1) is 9.45. The molecule has 0 saturated carbocycles. The minimum Gasteiger partial charge on any atom is -0.341 e. The zero-order chi connectivity index (χ0) is 14.8. The third-order valence-corrected chi connectivity index (χ3v) is 5.46. The highest BCUT2D eigenvalue weighted by Gasteiger charge is 2.36. The fraction of sp³-hybridized carbons (Fsp3) is 0.533. The minimum atomic E-state index is -0.130. The van der Waals surface area contributed by atoms with Crippen LogP contribution in [0, 0.1) is 5.41 Å². The van der Waals surface area contributed by atoms with E-state index in [4.69, 9.17) is 17.3 Å². The molecule has 0 aromatic heterocycles. The quantitative estimate of drug-likeness (QED) is 0.869. The van der Waals surface area contributed by atoms with Crippen molar-refractivity contribution < 1.29 is 4.79 Å². The van der Waals surface area contributed by atoms with E-state index in [1.165, 1.54) is 11.8 Å². The number of nitrogens with zero attached hydrogens (tertiary/aromatic N) is 1. The highest BCUT2D eigenvalue weighted by atomic mass is 35.5. The molecule has 2 unspecified atom stereocenters. The number of carbonyl (C=O) groups excluding carboxylic acids is 1. The third-order valence-electron chi connectivity index (χ3n) is 3.85. The van der Waals surface area contributed by atoms with Crippen LogP contribution >= 0.6 is 23.4 Å². The molecule has 1 aliphatic rings. The standard InChI is InChI=1S/C15H21ClN2OS/c1-11(20-13-6-4-3-5-12(13)16)14(19)18-8-7-15(2,9-17)10-18/h3-6,11H,7-10,17H2,1-2H3. The molecule has 0 aliphatic carbocycles. The smallest absolute Gasteiger partial charge is 0.235 e. The number of rotatable bonds is 4. The molecule has 2 rings (SSSR count). The largest absolute Gasteiger partial charge is 0.341 e. The topological polar surface area (TPSA) is 46.3 Å². The van der Waals surface area contributed by atoms with Gasteiger partial charge in [-0.1, -0.05) is 30.7 Å². The molecule has 20 heavy (non-hydrogen) atoms. The van der Waals surface area contributed by atoms with Gasteiger partial charge in [-0.3, -0.25) is 4.79 Å². The Balaban J connectivity index is 1.98. The van der Waals surface area contributed by atoms with Crippen LogP contribution in [0.3, 0.4) is 0 Å². The molecular weight excluding hydrogens is 292 g/mol. The van der Waals surface area contributed by atoms with E-state index in [1.54, 1.807) is 0 Å². The summed E-state index contributed by atoms with van der Waals surface area (Å²) in [7, 11) is 0. The zero-order valence-corrected chi connectivity index (χ0v) is 13.5. The molecule has 5 heteroatoms. The van der Waals surface area contributed by atoms with E-state index in [1.807, 2.05) is 36.1 Å². The second-order valence-electron chi connectivity index (χ2n) is 5.72. The van der Waals surface area contributed by atoms with Gasteiger partial charge in [-0.25, -0.2) is 0 Å². The summed E-state index contributed by atoms with van der Waals surface area (Å²) in [5.41, 5.74) is 5.86. The van der Waals surface area contributed by atoms with Gasteiger partial charge in [-0.2, -0.15) is 0 Å². The number of thioether (sulfide) groups is 1. The molecule has 0 bridgehead atoms. The van der Waals surface area contributed by atoms with E-state index >= 15 is 0 Å². The summed E-state index contributed by atoms with van der Waals surface area (Å²) < 4.78 is 0. The van der Waals surface area contributed by atoms with Crippen molar-refractivity contribution in [2.75, 3.05) is 19.6 Å². The van der Waals surface area contributed by atoms with E-state index in [2.05, 4.69) is 6.92 Å². The fourth-order valence-corrected chi connectivity index (χ4v) is 3.65. The van der Waals surface area contributed by atoms with Crippen LogP contribution in [0.4, 0.5) is 0 Å². The maximum Gasteiger partial charge on any atom is 0.235 e. The zero-order valence-electron chi connectivity index (χ0n) is 11.9. The van der Waals surface area contributed by atoms with Crippen molar-refractivity contribution in [3.8, 4) is 0 Å². The lowest BCUT2D eigenvalue weighted by Gasteiger charge is -2.24. The molecule has 1 fully saturated rings. The Hall–Kier alpha value is -0.710. The first-order valence-corrected chi connectivity index (χ1v) is 8.11. The molecule has 1 aliphatic heterocycles. The van der Waals surface area contributed by atoms with Crippen LogP contribution in [0.25, 0.3) is 0 Å². The lowest BCUT2D eigenvalue weighted by molar-refractivity contribution is -0.129. The maximum absolute atomic E-state index is 12.5. The number of hydrogen-bond acceptors (Lipinski definition) is 3. The van der Waals surface area contributed by atoms with Gasteiger partial charge in [-0.15, -0.1) is 11.8 Å². The lowest BCUT2D eigenvalue weighted by Crippen LogP contribution is -2.38. The van der Waals surface area contributed by atoms with Crippen LogP contribution in [0.5, 0.6) is 0 Å². The van der Waals surface area contributed by atoms with Crippen LogP contribution in [0.2, 0.25) is 5.02 Å². The lowest BCUT2D eigenvalue weighted by atomic mass is 9.90. The monoisotopic (exact) mass is 312 g/mol. The first-order valence-electron chi connectivity index (χ1n) is 6.85. The maximum atomic E-state index is 12.5. The Morgan fingerprint density at radius 2 is 2.25 bits per heavy atom. The van der Waals surface area contributed by atoms with Gasteiger partial charge in [0.15, 0.2) is 0 Å². The van der Waals surface area contributed by atoms with E-state index in [0.29, 0.717) is 11.6 Å². The van der Waals surface area contributed by atoms with Gasteiger partial charge in [0, 0.05) is 18.0 Å². The van der Waals surface area contributed by atoms with E-state index in [-0.39, 0.29) is 16.6 Å². The summed E-state index contributed by atoms with van der Waals surface area (Å²) in [4.78, 5) is 15.4. The first kappa shape index (κ1) is 15.7. The summed E-state index contributed by atoms with van der Waals surface area (Å²) in [6, 6.07) is 7.63. The van der Waals surface area contributed by atoms with Crippen LogP contribution in [-0.4, -0.2) is 35.7 Å². The fourth-order valence-electron chi connectivity index (χ4n) is 2.42. The molecule has 110 valence electrons. The third kappa shape index (κ3) is 3.48. The molecule has 0 radical (unpaired) electrons. The number of amides is 1. The minimum absolute atomic E-state index is 0.0738. The van der Waals surface area contributed by atoms with Crippen LogP contribution in [-0.2, 0) is 4.79 Å². The predicted octanol–water partition coefficient (Wildman–Crippen LogP) is 3.02. The van der Waals surface area contributed by atoms with Crippen molar-refractivity contribution in [3.63, 3.8) is 0 Å². The van der Waals surface area contributed by atoms with Crippen LogP contribution < -0.4 is 5.73 Å². The van der Waals surface area contributed by atoms with E-state index in [0.717, 1.165) is 24.4 Å². The van der Waals surface area contributed by atoms with Crippen molar-refractivity contribution >= 4 is 29.3 Å². The van der Waals surface area contributed by atoms with Gasteiger partial charge in [0.1, 0.15) is 0 Å². The average molecular weight is 313 g/mol. The van der Waals surface area contributed by atoms with Crippen molar-refractivity contribution in [1.29, 1.82) is 0 Å². The summed E-state index contributed by atoms with van der Waals surface area (Å²) in [5.74, 6) is 0.173. The van der Waals surface area contributed by atoms with Gasteiger partial charge in [-0.05, 0) is 37.4 Å². The van der Waals surface area contributed by atoms with Gasteiger partial charge in [0.2, 0.25) is 5.91 Å². The number of likely N-dealkylation sites (tertiary alicyclic amines) is 1. The number of nitrogens with two attached hydrogens (primary N) is 1. The van der Waals surface area contributed by atoms with E-state index < -0.39 is 0 Å². The predicted molar refractivity (Wildman–Crippen MR) is 85.1 cm³/mol. The molecule has 1 aromatic rings. The highest BCUT2D eigenvalue weighted by Crippen LogP contribution is 2.33. The molecule has 2 N–H and O–H groups in total. The van der Waals surface area contributed by atoms with Crippen molar-refractivity contribution in [2.45, 2.75) is 30.4 Å². The Bertz CT molecular complexity index is 497. The average Bonchev–Trinajstić information content (AvgIpc) is 2.84. The molecule has 3 nitrogen and oxygen atoms in total. The Labute approximate surface area is 129 Å². The number of halogens is 1. The second kappa shape index (κ2) is 6.37. The molecule has 0 spiro atoms. The summed E-state index contributed by atoms with van der Waals surface area (Å²) in [6.07, 6.45) is 0.985. The number of benzene rings is 1. The molecule has 1 saturated heterocycles. The van der Waals surface area contributed by atoms with Crippen molar-refractivity contribution in [2.24, 2.45) is 11.1 Å². The van der Waals surface area contributed by atoms with Crippen molar-refractivity contribution in [1.82, 2.24) is 4.90 Å². The molecule has 1 heterocycles. The van der Waals surface area contributed by atoms with Gasteiger partial charge in [0.05, 0.1) is 10.3 Å². The highest BCUT2D eigenvalue weighted by molar-refractivity contribution is 8.00. The van der Waals surface area contributed by atoms with Gasteiger partial charge < -0.3 is 10.6 Å². The van der Waals surface area contributed by atoms with Gasteiger partial charge in [0.25, 0.3) is 0 Å². The van der Waals surface area contributed by atoms with Gasteiger partial charge >= 0.3 is 0 Å². The van der Waals surface area contributed by atoms with Crippen LogP contribution in [0.15, 0.2) is 29.2 Å². The SMILES string of the molecule is CC(Sc1ccccc1Cl)C(=O)N1CCC(C)(CN)C1. The summed E-state index contributed by atoms with van der Waals surface area (Å²) in [5, 5.41) is 0.570. The second-order valence-corrected chi connectivity index (χ2v) is 7.50. The van der Waals surface area contributed by atoms with Crippen LogP contribution in [0.1, 0.15) is 20.3 Å². The van der Waals surface area contributed by atoms with Crippen molar-refractivity contribution in [3.05, 3.63) is 29.3 Å². The molecular formula is C15H21ClN2OS. The molecule has 1 aromatic carbocycles. The molecule has 2 atom stereocenters. The summed E-state index contributed by atoms with van der Waals surface area (Å²) >= 11 is 7.66. The Kier molecular flexibility index (Phi) is 4.99. The number of hydrogen-bond donors (Lipinski definition) is 1. The normalized spacial score (nSPS) is 23.9. The summed E-state index contributed by atoms with van der Waals surface area (Å²) in [6.45, 7) is 6.28. The molecule has 1 amide bonds. The number of carbonyl (C=O) groups is 1. The van der Waals surface area contributed by atoms with E-state index in [9.17, 15) is 4.79 Å². The Morgan fingerprint density at radius 1 is 1.55 bits per heavy atom.